The fourth-order valence-electron chi connectivity index (χ4n) is 2.05. The van der Waals surface area contributed by atoms with Gasteiger partial charge in [0.05, 0.1) is 11.9 Å². The van der Waals surface area contributed by atoms with Crippen LogP contribution in [0.5, 0.6) is 11.5 Å². The third-order valence-electron chi connectivity index (χ3n) is 3.50. The van der Waals surface area contributed by atoms with Crippen LogP contribution in [0.3, 0.4) is 0 Å². The summed E-state index contributed by atoms with van der Waals surface area (Å²) in [5, 5.41) is 2.47. The van der Waals surface area contributed by atoms with Crippen molar-refractivity contribution in [1.29, 1.82) is 0 Å². The Kier molecular flexibility index (Phi) is 7.32. The molecule has 0 aliphatic rings. The number of rotatable bonds is 7. The normalized spacial score (nSPS) is 11.7. The van der Waals surface area contributed by atoms with Gasteiger partial charge in [-0.25, -0.2) is 9.18 Å². The number of carbonyl (C=O) groups excluding carboxylic acids is 2. The van der Waals surface area contributed by atoms with E-state index in [4.69, 9.17) is 10.5 Å². The van der Waals surface area contributed by atoms with E-state index in [1.54, 1.807) is 30.3 Å². The van der Waals surface area contributed by atoms with Gasteiger partial charge < -0.3 is 20.5 Å². The first kappa shape index (κ1) is 21.9. The number of esters is 1. The highest BCUT2D eigenvalue weighted by Gasteiger charge is 2.42. The molecule has 0 heterocycles. The number of para-hydroxylation sites is 1. The second-order valence-electron chi connectivity index (χ2n) is 5.63. The lowest BCUT2D eigenvalue weighted by Gasteiger charge is -2.14. The van der Waals surface area contributed by atoms with Crippen LogP contribution in [0.15, 0.2) is 60.4 Å². The first-order valence-electron chi connectivity index (χ1n) is 8.15. The number of ether oxygens (including phenoxy) is 2. The van der Waals surface area contributed by atoms with E-state index >= 15 is 0 Å². The number of halogens is 4. The summed E-state index contributed by atoms with van der Waals surface area (Å²) in [6.45, 7) is -0.417. The Balaban J connectivity index is 2.30. The van der Waals surface area contributed by atoms with Gasteiger partial charge in [-0.2, -0.15) is 13.2 Å². The van der Waals surface area contributed by atoms with Gasteiger partial charge in [0.25, 0.3) is 5.91 Å². The number of benzene rings is 2. The van der Waals surface area contributed by atoms with Crippen molar-refractivity contribution in [2.45, 2.75) is 6.18 Å². The molecule has 2 rings (SSSR count). The highest BCUT2D eigenvalue weighted by atomic mass is 19.4. The van der Waals surface area contributed by atoms with Gasteiger partial charge in [-0.15, -0.1) is 0 Å². The van der Waals surface area contributed by atoms with E-state index in [1.807, 2.05) is 0 Å². The van der Waals surface area contributed by atoms with Crippen molar-refractivity contribution >= 4 is 17.6 Å². The predicted molar refractivity (Wildman–Crippen MR) is 96.3 cm³/mol. The number of alkyl halides is 3. The minimum atomic E-state index is -5.27. The van der Waals surface area contributed by atoms with Crippen molar-refractivity contribution in [2.24, 2.45) is 5.73 Å². The summed E-state index contributed by atoms with van der Waals surface area (Å²) in [5.74, 6) is -4.04. The summed E-state index contributed by atoms with van der Waals surface area (Å²) in [6.07, 6.45) is -5.03. The van der Waals surface area contributed by atoms with Gasteiger partial charge in [-0.05, 0) is 24.3 Å². The fraction of sp³-hybridized carbons (Fsp3) is 0.158. The maximum absolute atomic E-state index is 12.6. The second-order valence-corrected chi connectivity index (χ2v) is 5.63. The van der Waals surface area contributed by atoms with Gasteiger partial charge in [0, 0.05) is 23.9 Å². The highest BCUT2D eigenvalue weighted by molar-refractivity contribution is 6.06. The van der Waals surface area contributed by atoms with E-state index in [9.17, 15) is 27.2 Å². The molecule has 0 aliphatic heterocycles. The zero-order valence-corrected chi connectivity index (χ0v) is 14.8. The Bertz CT molecular complexity index is 899. The molecule has 3 N–H and O–H groups in total. The molecule has 10 heteroatoms. The number of nitrogens with two attached hydrogens (primary N) is 1. The number of nitrogens with one attached hydrogen (secondary N) is 1. The van der Waals surface area contributed by atoms with Crippen molar-refractivity contribution in [3.05, 3.63) is 66.0 Å². The van der Waals surface area contributed by atoms with Crippen LogP contribution in [-0.2, 0) is 4.79 Å². The SMILES string of the molecule is NC/C(=C\F)COc1ccc(C(=O)Nc2ccccc2)c(OC(=O)C(F)(F)F)c1. The number of anilines is 1. The molecule has 0 bridgehead atoms. The van der Waals surface area contributed by atoms with E-state index < -0.39 is 23.8 Å². The minimum absolute atomic E-state index is 0.0564. The summed E-state index contributed by atoms with van der Waals surface area (Å²) in [4.78, 5) is 23.7. The highest BCUT2D eigenvalue weighted by Crippen LogP contribution is 2.29. The number of amides is 1. The van der Waals surface area contributed by atoms with Crippen LogP contribution < -0.4 is 20.5 Å². The Labute approximate surface area is 162 Å². The molecular formula is C19H16F4N2O4. The average molecular weight is 412 g/mol. The second kappa shape index (κ2) is 9.69. The largest absolute Gasteiger partial charge is 0.491 e. The van der Waals surface area contributed by atoms with Gasteiger partial charge in [0.15, 0.2) is 0 Å². The van der Waals surface area contributed by atoms with Crippen LogP contribution in [0.2, 0.25) is 0 Å². The lowest BCUT2D eigenvalue weighted by Crippen LogP contribution is -2.29. The number of carbonyl (C=O) groups is 2. The van der Waals surface area contributed by atoms with Crippen molar-refractivity contribution in [3.8, 4) is 11.5 Å². The lowest BCUT2D eigenvalue weighted by molar-refractivity contribution is -0.189. The van der Waals surface area contributed by atoms with E-state index in [1.165, 1.54) is 6.07 Å². The maximum Gasteiger partial charge on any atom is 0.491 e. The summed E-state index contributed by atoms with van der Waals surface area (Å²) < 4.78 is 59.9. The quantitative estimate of drug-likeness (QED) is 0.412. The molecule has 0 spiro atoms. The zero-order chi connectivity index (χ0) is 21.4. The maximum atomic E-state index is 12.6. The van der Waals surface area contributed by atoms with Gasteiger partial charge in [-0.3, -0.25) is 4.79 Å². The van der Waals surface area contributed by atoms with Crippen molar-refractivity contribution < 1.29 is 36.6 Å². The molecule has 29 heavy (non-hydrogen) atoms. The molecule has 0 aromatic heterocycles. The molecule has 154 valence electrons. The molecule has 0 unspecified atom stereocenters. The van der Waals surface area contributed by atoms with E-state index in [2.05, 4.69) is 10.1 Å². The fourth-order valence-corrected chi connectivity index (χ4v) is 2.05. The summed E-state index contributed by atoms with van der Waals surface area (Å²) in [7, 11) is 0. The van der Waals surface area contributed by atoms with Crippen LogP contribution >= 0.6 is 0 Å². The van der Waals surface area contributed by atoms with Crippen LogP contribution in [0.4, 0.5) is 23.2 Å². The third-order valence-corrected chi connectivity index (χ3v) is 3.50. The van der Waals surface area contributed by atoms with Crippen LogP contribution in [0.1, 0.15) is 10.4 Å². The van der Waals surface area contributed by atoms with Crippen molar-refractivity contribution in [3.63, 3.8) is 0 Å². The van der Waals surface area contributed by atoms with E-state index in [-0.39, 0.29) is 36.4 Å². The zero-order valence-electron chi connectivity index (χ0n) is 14.8. The standard InChI is InChI=1S/C19H16F4N2O4/c20-9-12(10-24)11-28-14-6-7-15(16(8-14)29-18(27)19(21,22)23)17(26)25-13-4-2-1-3-5-13/h1-9H,10-11,24H2,(H,25,26)/b12-9+. The molecule has 0 atom stereocenters. The topological polar surface area (TPSA) is 90.7 Å². The molecule has 0 fully saturated rings. The molecule has 2 aromatic rings. The molecule has 0 saturated heterocycles. The first-order chi connectivity index (χ1) is 13.7. The van der Waals surface area contributed by atoms with Gasteiger partial charge >= 0.3 is 12.1 Å². The minimum Gasteiger partial charge on any atom is -0.489 e. The first-order valence-corrected chi connectivity index (χ1v) is 8.15. The van der Waals surface area contributed by atoms with E-state index in [0.717, 1.165) is 12.1 Å². The van der Waals surface area contributed by atoms with Gasteiger partial charge in [-0.1, -0.05) is 18.2 Å². The Morgan fingerprint density at radius 3 is 2.38 bits per heavy atom. The third kappa shape index (κ3) is 6.32. The smallest absolute Gasteiger partial charge is 0.489 e. The summed E-state index contributed by atoms with van der Waals surface area (Å²) in [6, 6.07) is 11.4. The van der Waals surface area contributed by atoms with Crippen LogP contribution in [0.25, 0.3) is 0 Å². The molecule has 6 nitrogen and oxygen atoms in total. The Morgan fingerprint density at radius 1 is 1.10 bits per heavy atom. The average Bonchev–Trinajstić information content (AvgIpc) is 2.69. The van der Waals surface area contributed by atoms with Crippen LogP contribution in [-0.4, -0.2) is 31.2 Å². The Morgan fingerprint density at radius 2 is 1.79 bits per heavy atom. The predicted octanol–water partition coefficient (Wildman–Crippen LogP) is 3.60. The Hall–Kier alpha value is -3.40. The molecule has 0 radical (unpaired) electrons. The van der Waals surface area contributed by atoms with Gasteiger partial charge in [0.2, 0.25) is 0 Å². The molecule has 0 saturated carbocycles. The number of hydrogen-bond donors (Lipinski definition) is 2. The lowest BCUT2D eigenvalue weighted by atomic mass is 10.1. The van der Waals surface area contributed by atoms with Crippen LogP contribution in [0, 0.1) is 0 Å². The molecule has 2 aromatic carbocycles. The van der Waals surface area contributed by atoms with Gasteiger partial charge in [0.1, 0.15) is 18.1 Å². The number of hydrogen-bond acceptors (Lipinski definition) is 5. The van der Waals surface area contributed by atoms with Crippen molar-refractivity contribution in [2.75, 3.05) is 18.5 Å². The summed E-state index contributed by atoms with van der Waals surface area (Å²) in [5.41, 5.74) is 5.43. The van der Waals surface area contributed by atoms with E-state index in [0.29, 0.717) is 5.69 Å². The monoisotopic (exact) mass is 412 g/mol. The molecule has 1 amide bonds. The van der Waals surface area contributed by atoms with Crippen molar-refractivity contribution in [1.82, 2.24) is 0 Å². The molecular weight excluding hydrogens is 396 g/mol. The summed E-state index contributed by atoms with van der Waals surface area (Å²) >= 11 is 0. The molecule has 0 aliphatic carbocycles.